The standard InChI is InChI=1S/C12H19N5O3/c1-12(2,3)20-11(19)17(6-7-18)15-8-10-14-5-4-9(13)16-10/h4-5,7,15H,6,8H2,1-3H3,(H2,13,14,16). The summed E-state index contributed by atoms with van der Waals surface area (Å²) >= 11 is 0. The van der Waals surface area contributed by atoms with Crippen LogP contribution in [0.5, 0.6) is 0 Å². The number of amides is 1. The number of ether oxygens (including phenoxy) is 1. The van der Waals surface area contributed by atoms with Crippen LogP contribution < -0.4 is 11.2 Å². The Kier molecular flexibility index (Phi) is 5.39. The number of nitrogens with one attached hydrogen (secondary N) is 1. The normalized spacial score (nSPS) is 10.9. The van der Waals surface area contributed by atoms with Crippen LogP contribution in [-0.4, -0.2) is 39.5 Å². The quantitative estimate of drug-likeness (QED) is 0.597. The predicted molar refractivity (Wildman–Crippen MR) is 72.3 cm³/mol. The summed E-state index contributed by atoms with van der Waals surface area (Å²) in [4.78, 5) is 30.4. The van der Waals surface area contributed by atoms with Gasteiger partial charge in [-0.05, 0) is 26.8 Å². The van der Waals surface area contributed by atoms with Gasteiger partial charge < -0.3 is 15.3 Å². The summed E-state index contributed by atoms with van der Waals surface area (Å²) in [5, 5.41) is 1.06. The Hall–Kier alpha value is -2.22. The van der Waals surface area contributed by atoms with E-state index in [0.29, 0.717) is 17.9 Å². The van der Waals surface area contributed by atoms with E-state index in [4.69, 9.17) is 10.5 Å². The van der Waals surface area contributed by atoms with Crippen molar-refractivity contribution in [1.29, 1.82) is 0 Å². The Labute approximate surface area is 117 Å². The molecule has 8 heteroatoms. The van der Waals surface area contributed by atoms with Crippen molar-refractivity contribution in [3.8, 4) is 0 Å². The minimum Gasteiger partial charge on any atom is -0.443 e. The van der Waals surface area contributed by atoms with Gasteiger partial charge in [0.25, 0.3) is 0 Å². The maximum absolute atomic E-state index is 11.9. The van der Waals surface area contributed by atoms with Crippen LogP contribution in [-0.2, 0) is 16.1 Å². The molecule has 0 aliphatic rings. The molecule has 0 saturated carbocycles. The Bertz CT molecular complexity index is 472. The fraction of sp³-hybridized carbons (Fsp3) is 0.500. The summed E-state index contributed by atoms with van der Waals surface area (Å²) in [5.41, 5.74) is 7.61. The van der Waals surface area contributed by atoms with Gasteiger partial charge in [-0.1, -0.05) is 0 Å². The van der Waals surface area contributed by atoms with E-state index in [1.54, 1.807) is 26.8 Å². The molecule has 1 heterocycles. The van der Waals surface area contributed by atoms with Crippen molar-refractivity contribution in [3.63, 3.8) is 0 Å². The molecule has 0 aliphatic carbocycles. The summed E-state index contributed by atoms with van der Waals surface area (Å²) in [5.74, 6) is 0.737. The number of nitrogens with two attached hydrogens (primary N) is 1. The molecule has 1 rings (SSSR count). The molecule has 110 valence electrons. The van der Waals surface area contributed by atoms with E-state index in [1.807, 2.05) is 0 Å². The fourth-order valence-electron chi connectivity index (χ4n) is 1.26. The van der Waals surface area contributed by atoms with Gasteiger partial charge in [0.15, 0.2) is 0 Å². The van der Waals surface area contributed by atoms with Crippen LogP contribution in [0.1, 0.15) is 26.6 Å². The van der Waals surface area contributed by atoms with Gasteiger partial charge in [0.05, 0.1) is 13.1 Å². The van der Waals surface area contributed by atoms with Crippen LogP contribution in [0.15, 0.2) is 12.3 Å². The number of rotatable bonds is 5. The molecule has 0 aromatic carbocycles. The van der Waals surface area contributed by atoms with E-state index in [0.717, 1.165) is 5.01 Å². The Morgan fingerprint density at radius 3 is 2.80 bits per heavy atom. The molecule has 0 aliphatic heterocycles. The first-order valence-electron chi connectivity index (χ1n) is 6.07. The van der Waals surface area contributed by atoms with Gasteiger partial charge in [-0.25, -0.2) is 25.2 Å². The van der Waals surface area contributed by atoms with Crippen LogP contribution in [0.25, 0.3) is 0 Å². The highest BCUT2D eigenvalue weighted by atomic mass is 16.6. The van der Waals surface area contributed by atoms with E-state index in [2.05, 4.69) is 15.4 Å². The van der Waals surface area contributed by atoms with E-state index >= 15 is 0 Å². The van der Waals surface area contributed by atoms with Crippen molar-refractivity contribution >= 4 is 18.2 Å². The van der Waals surface area contributed by atoms with E-state index in [1.165, 1.54) is 6.20 Å². The Morgan fingerprint density at radius 1 is 1.55 bits per heavy atom. The first kappa shape index (κ1) is 15.8. The lowest BCUT2D eigenvalue weighted by atomic mass is 10.2. The third-order valence-corrected chi connectivity index (χ3v) is 2.03. The van der Waals surface area contributed by atoms with Gasteiger partial charge in [0.1, 0.15) is 23.5 Å². The van der Waals surface area contributed by atoms with Gasteiger partial charge in [-0.2, -0.15) is 0 Å². The largest absolute Gasteiger partial charge is 0.443 e. The molecule has 20 heavy (non-hydrogen) atoms. The number of nitrogen functional groups attached to an aromatic ring is 1. The van der Waals surface area contributed by atoms with Crippen LogP contribution in [0.3, 0.4) is 0 Å². The average Bonchev–Trinajstić information content (AvgIpc) is 2.32. The third kappa shape index (κ3) is 5.61. The Balaban J connectivity index is 2.63. The lowest BCUT2D eigenvalue weighted by molar-refractivity contribution is -0.109. The number of carbonyl (C=O) groups is 2. The predicted octanol–water partition coefficient (Wildman–Crippen LogP) is 0.499. The number of nitrogens with zero attached hydrogens (tertiary/aromatic N) is 3. The van der Waals surface area contributed by atoms with Gasteiger partial charge in [-0.15, -0.1) is 0 Å². The van der Waals surface area contributed by atoms with Gasteiger partial charge in [0.2, 0.25) is 0 Å². The zero-order valence-corrected chi connectivity index (χ0v) is 11.8. The second kappa shape index (κ2) is 6.80. The highest BCUT2D eigenvalue weighted by Gasteiger charge is 2.21. The topological polar surface area (TPSA) is 110 Å². The van der Waals surface area contributed by atoms with Gasteiger partial charge in [-0.3, -0.25) is 0 Å². The highest BCUT2D eigenvalue weighted by molar-refractivity contribution is 5.71. The van der Waals surface area contributed by atoms with Crippen molar-refractivity contribution < 1.29 is 14.3 Å². The lowest BCUT2D eigenvalue weighted by Crippen LogP contribution is -2.46. The number of hydrogen-bond donors (Lipinski definition) is 2. The third-order valence-electron chi connectivity index (χ3n) is 2.03. The highest BCUT2D eigenvalue weighted by Crippen LogP contribution is 2.08. The maximum atomic E-state index is 11.9. The SMILES string of the molecule is CC(C)(C)OC(=O)N(CC=O)NCc1nccc(N)n1. The smallest absolute Gasteiger partial charge is 0.425 e. The minimum absolute atomic E-state index is 0.142. The maximum Gasteiger partial charge on any atom is 0.425 e. The molecule has 0 spiro atoms. The summed E-state index contributed by atoms with van der Waals surface area (Å²) in [6.07, 6.45) is 1.46. The second-order valence-electron chi connectivity index (χ2n) is 4.99. The number of carbonyl (C=O) groups excluding carboxylic acids is 2. The monoisotopic (exact) mass is 281 g/mol. The van der Waals surface area contributed by atoms with Crippen LogP contribution in [0, 0.1) is 0 Å². The minimum atomic E-state index is -0.645. The van der Waals surface area contributed by atoms with E-state index < -0.39 is 11.7 Å². The summed E-state index contributed by atoms with van der Waals surface area (Å²) in [7, 11) is 0. The fourth-order valence-corrected chi connectivity index (χ4v) is 1.26. The molecule has 0 radical (unpaired) electrons. The van der Waals surface area contributed by atoms with Crippen molar-refractivity contribution in [2.24, 2.45) is 0 Å². The first-order chi connectivity index (χ1) is 9.31. The molecule has 1 aromatic rings. The van der Waals surface area contributed by atoms with Gasteiger partial charge in [0, 0.05) is 6.20 Å². The molecule has 0 bridgehead atoms. The molecular formula is C12H19N5O3. The van der Waals surface area contributed by atoms with Crippen molar-refractivity contribution in [2.45, 2.75) is 32.9 Å². The molecule has 0 saturated heterocycles. The number of aldehydes is 1. The van der Waals surface area contributed by atoms with Crippen LogP contribution in [0.2, 0.25) is 0 Å². The lowest BCUT2D eigenvalue weighted by Gasteiger charge is -2.26. The van der Waals surface area contributed by atoms with Crippen LogP contribution >= 0.6 is 0 Å². The first-order valence-corrected chi connectivity index (χ1v) is 6.07. The van der Waals surface area contributed by atoms with Crippen molar-refractivity contribution in [3.05, 3.63) is 18.1 Å². The van der Waals surface area contributed by atoms with Crippen molar-refractivity contribution in [2.75, 3.05) is 12.3 Å². The second-order valence-corrected chi connectivity index (χ2v) is 4.99. The molecule has 0 unspecified atom stereocenters. The molecule has 1 amide bonds. The number of anilines is 1. The average molecular weight is 281 g/mol. The summed E-state index contributed by atoms with van der Waals surface area (Å²) in [6.45, 7) is 5.23. The zero-order valence-electron chi connectivity index (χ0n) is 11.8. The van der Waals surface area contributed by atoms with E-state index in [-0.39, 0.29) is 13.1 Å². The number of aromatic nitrogens is 2. The molecule has 0 atom stereocenters. The molecular weight excluding hydrogens is 262 g/mol. The van der Waals surface area contributed by atoms with Crippen LogP contribution in [0.4, 0.5) is 10.6 Å². The molecule has 8 nitrogen and oxygen atoms in total. The number of hydrazine groups is 1. The molecule has 3 N–H and O–H groups in total. The summed E-state index contributed by atoms with van der Waals surface area (Å²) < 4.78 is 5.16. The Morgan fingerprint density at radius 2 is 2.25 bits per heavy atom. The van der Waals surface area contributed by atoms with E-state index in [9.17, 15) is 9.59 Å². The molecule has 1 aromatic heterocycles. The zero-order chi connectivity index (χ0) is 15.2. The van der Waals surface area contributed by atoms with Gasteiger partial charge >= 0.3 is 6.09 Å². The molecule has 0 fully saturated rings. The number of hydrogen-bond acceptors (Lipinski definition) is 7. The summed E-state index contributed by atoms with van der Waals surface area (Å²) in [6, 6.07) is 1.56. The van der Waals surface area contributed by atoms with Crippen molar-refractivity contribution in [1.82, 2.24) is 20.4 Å².